The highest BCUT2D eigenvalue weighted by atomic mass is 32.1. The van der Waals surface area contributed by atoms with Crippen molar-refractivity contribution in [2.75, 3.05) is 6.54 Å². The number of aliphatic carboxylic acids is 1. The lowest BCUT2D eigenvalue weighted by Gasteiger charge is -2.20. The van der Waals surface area contributed by atoms with Gasteiger partial charge in [-0.2, -0.15) is 0 Å². The van der Waals surface area contributed by atoms with Gasteiger partial charge in [-0.15, -0.1) is 11.3 Å². The highest BCUT2D eigenvalue weighted by Crippen LogP contribution is 2.26. The molecule has 0 bridgehead atoms. The summed E-state index contributed by atoms with van der Waals surface area (Å²) in [6, 6.07) is 9.69. The second kappa shape index (κ2) is 17.2. The molecule has 0 spiro atoms. The van der Waals surface area contributed by atoms with Gasteiger partial charge >= 0.3 is 18.0 Å². The lowest BCUT2D eigenvalue weighted by Crippen LogP contribution is -2.35. The second-order valence-corrected chi connectivity index (χ2v) is 10.3. The van der Waals surface area contributed by atoms with Crippen LogP contribution in [0, 0.1) is 0 Å². The minimum Gasteiger partial charge on any atom is -0.474 e. The van der Waals surface area contributed by atoms with E-state index in [0.29, 0.717) is 22.5 Å². The average molecular weight is 547 g/mol. The summed E-state index contributed by atoms with van der Waals surface area (Å²) in [5.41, 5.74) is 1.15. The largest absolute Gasteiger partial charge is 0.512 e. The van der Waals surface area contributed by atoms with Gasteiger partial charge in [0.1, 0.15) is 0 Å². The number of nitrogens with zero attached hydrogens (tertiary/aromatic N) is 1. The Labute approximate surface area is 227 Å². The van der Waals surface area contributed by atoms with E-state index in [-0.39, 0.29) is 24.1 Å². The van der Waals surface area contributed by atoms with Gasteiger partial charge in [0.05, 0.1) is 6.54 Å². The Morgan fingerprint density at radius 2 is 1.42 bits per heavy atom. The summed E-state index contributed by atoms with van der Waals surface area (Å²) in [4.78, 5) is 48.4. The van der Waals surface area contributed by atoms with Crippen LogP contribution in [0.3, 0.4) is 0 Å². The molecule has 0 radical (unpaired) electrons. The minimum atomic E-state index is -1.59. The average Bonchev–Trinajstić information content (AvgIpc) is 3.32. The molecule has 10 heteroatoms. The standard InChI is InChI=1S/C28H38N2O7S/c1-2-3-4-5-6-7-8-9-10-11-18-29-25(31)22-14-12-21(13-15-22)19-30(26(32)27(33)34)20-23-16-17-24(38-23)37-28(35)36/h12-17H,2-11,18-20H2,1H3,(H,29,31)(H,33,34)(H,35,36). The quantitative estimate of drug-likeness (QED) is 0.125. The maximum Gasteiger partial charge on any atom is 0.512 e. The lowest BCUT2D eigenvalue weighted by atomic mass is 10.1. The number of carbonyl (C=O) groups is 4. The Hall–Kier alpha value is -3.40. The van der Waals surface area contributed by atoms with Crippen molar-refractivity contribution in [3.05, 3.63) is 52.4 Å². The number of amides is 2. The molecule has 0 saturated carbocycles. The number of thiophene rings is 1. The SMILES string of the molecule is CCCCCCCCCCCCNC(=O)c1ccc(CN(Cc2ccc(OC(=O)O)s2)C(=O)C(=O)O)cc1. The number of hydrogen-bond acceptors (Lipinski definition) is 6. The van der Waals surface area contributed by atoms with Gasteiger partial charge in [0.2, 0.25) is 0 Å². The van der Waals surface area contributed by atoms with Crippen LogP contribution >= 0.6 is 11.3 Å². The van der Waals surface area contributed by atoms with Crippen molar-refractivity contribution in [2.45, 2.75) is 84.2 Å². The molecule has 0 aliphatic carbocycles. The van der Waals surface area contributed by atoms with Crippen LogP contribution in [0.5, 0.6) is 5.06 Å². The van der Waals surface area contributed by atoms with Crippen LogP contribution in [0.1, 0.15) is 91.9 Å². The highest BCUT2D eigenvalue weighted by Gasteiger charge is 2.22. The summed E-state index contributed by atoms with van der Waals surface area (Å²) in [5, 5.41) is 21.0. The van der Waals surface area contributed by atoms with Crippen LogP contribution in [0.15, 0.2) is 36.4 Å². The van der Waals surface area contributed by atoms with Gasteiger partial charge in [-0.25, -0.2) is 9.59 Å². The topological polar surface area (TPSA) is 133 Å². The normalized spacial score (nSPS) is 10.7. The van der Waals surface area contributed by atoms with Gasteiger partial charge in [0.25, 0.3) is 5.91 Å². The van der Waals surface area contributed by atoms with Crippen LogP contribution in [0.2, 0.25) is 0 Å². The molecule has 1 aromatic heterocycles. The summed E-state index contributed by atoms with van der Waals surface area (Å²) in [7, 11) is 0. The number of benzene rings is 1. The zero-order valence-electron chi connectivity index (χ0n) is 21.9. The van der Waals surface area contributed by atoms with E-state index in [9.17, 15) is 24.3 Å². The van der Waals surface area contributed by atoms with E-state index in [1.165, 1.54) is 57.4 Å². The van der Waals surface area contributed by atoms with E-state index < -0.39 is 18.0 Å². The molecule has 0 unspecified atom stereocenters. The number of ether oxygens (including phenoxy) is 1. The predicted octanol–water partition coefficient (Wildman–Crippen LogP) is 6.07. The van der Waals surface area contributed by atoms with Gasteiger partial charge in [-0.3, -0.25) is 9.59 Å². The van der Waals surface area contributed by atoms with Crippen molar-refractivity contribution >= 4 is 35.3 Å². The first kappa shape index (κ1) is 30.8. The number of carboxylic acids is 1. The fourth-order valence-corrected chi connectivity index (χ4v) is 4.87. The molecular weight excluding hydrogens is 508 g/mol. The molecule has 208 valence electrons. The van der Waals surface area contributed by atoms with Crippen molar-refractivity contribution < 1.29 is 34.1 Å². The lowest BCUT2D eigenvalue weighted by molar-refractivity contribution is -0.156. The van der Waals surface area contributed by atoms with E-state index in [4.69, 9.17) is 5.11 Å². The number of hydrogen-bond donors (Lipinski definition) is 3. The first-order chi connectivity index (χ1) is 18.3. The third kappa shape index (κ3) is 11.8. The summed E-state index contributed by atoms with van der Waals surface area (Å²) >= 11 is 1.01. The molecule has 0 aliphatic rings. The molecule has 1 heterocycles. The first-order valence-electron chi connectivity index (χ1n) is 13.2. The van der Waals surface area contributed by atoms with Gasteiger partial charge < -0.3 is 25.2 Å². The smallest absolute Gasteiger partial charge is 0.474 e. The van der Waals surface area contributed by atoms with E-state index in [1.54, 1.807) is 30.3 Å². The van der Waals surface area contributed by atoms with E-state index in [0.717, 1.165) is 29.1 Å². The molecule has 2 amide bonds. The van der Waals surface area contributed by atoms with Gasteiger partial charge in [-0.05, 0) is 36.2 Å². The van der Waals surface area contributed by atoms with E-state index in [1.807, 2.05) is 0 Å². The van der Waals surface area contributed by atoms with Gasteiger partial charge in [-0.1, -0.05) is 76.8 Å². The summed E-state index contributed by atoms with van der Waals surface area (Å²) in [6.07, 6.45) is 10.9. The second-order valence-electron chi connectivity index (χ2n) is 9.19. The molecule has 0 atom stereocenters. The zero-order valence-corrected chi connectivity index (χ0v) is 22.8. The molecular formula is C28H38N2O7S. The van der Waals surface area contributed by atoms with Crippen molar-refractivity contribution in [3.63, 3.8) is 0 Å². The van der Waals surface area contributed by atoms with Gasteiger partial charge in [0, 0.05) is 23.5 Å². The molecule has 0 fully saturated rings. The number of unbranched alkanes of at least 4 members (excludes halogenated alkanes) is 9. The van der Waals surface area contributed by atoms with Crippen molar-refractivity contribution in [3.8, 4) is 5.06 Å². The molecule has 38 heavy (non-hydrogen) atoms. The Morgan fingerprint density at radius 1 is 0.816 bits per heavy atom. The zero-order chi connectivity index (χ0) is 27.8. The Kier molecular flexibility index (Phi) is 13.9. The number of carboxylic acid groups (broad SMARTS) is 2. The summed E-state index contributed by atoms with van der Waals surface area (Å²) in [6.45, 7) is 2.83. The molecule has 1 aromatic carbocycles. The minimum absolute atomic E-state index is 0.0126. The molecule has 0 aliphatic heterocycles. The van der Waals surface area contributed by atoms with Crippen LogP contribution in [-0.4, -0.2) is 45.6 Å². The van der Waals surface area contributed by atoms with Crippen molar-refractivity contribution in [2.24, 2.45) is 0 Å². The molecule has 2 aromatic rings. The monoisotopic (exact) mass is 546 g/mol. The number of nitrogens with one attached hydrogen (secondary N) is 1. The molecule has 9 nitrogen and oxygen atoms in total. The fourth-order valence-electron chi connectivity index (χ4n) is 4.01. The van der Waals surface area contributed by atoms with Crippen molar-refractivity contribution in [1.82, 2.24) is 10.2 Å². The Balaban J connectivity index is 1.78. The van der Waals surface area contributed by atoms with Crippen LogP contribution in [0.25, 0.3) is 0 Å². The van der Waals surface area contributed by atoms with Crippen LogP contribution in [-0.2, 0) is 22.7 Å². The predicted molar refractivity (Wildman–Crippen MR) is 145 cm³/mol. The van der Waals surface area contributed by atoms with E-state index in [2.05, 4.69) is 17.0 Å². The first-order valence-corrected chi connectivity index (χ1v) is 14.0. The Bertz CT molecular complexity index is 1040. The van der Waals surface area contributed by atoms with Crippen LogP contribution in [0.4, 0.5) is 4.79 Å². The molecule has 2 rings (SSSR count). The summed E-state index contributed by atoms with van der Waals surface area (Å²) < 4.78 is 4.59. The maximum atomic E-state index is 12.5. The van der Waals surface area contributed by atoms with Crippen molar-refractivity contribution in [1.29, 1.82) is 0 Å². The highest BCUT2D eigenvalue weighted by molar-refractivity contribution is 7.13. The summed E-state index contributed by atoms with van der Waals surface area (Å²) in [5.74, 6) is -2.85. The number of rotatable bonds is 17. The van der Waals surface area contributed by atoms with Crippen LogP contribution < -0.4 is 10.1 Å². The van der Waals surface area contributed by atoms with E-state index >= 15 is 0 Å². The molecule has 3 N–H and O–H groups in total. The third-order valence-corrected chi connectivity index (χ3v) is 7.00. The molecule has 0 saturated heterocycles. The fraction of sp³-hybridized carbons (Fsp3) is 0.500. The third-order valence-electron chi connectivity index (χ3n) is 6.05. The van der Waals surface area contributed by atoms with Gasteiger partial charge in [0.15, 0.2) is 5.06 Å². The Morgan fingerprint density at radius 3 is 2.00 bits per heavy atom. The maximum absolute atomic E-state index is 12.5. The number of carbonyl (C=O) groups excluding carboxylic acids is 2.